The first kappa shape index (κ1) is 24.4. The van der Waals surface area contributed by atoms with Crippen LogP contribution in [0.4, 0.5) is 0 Å². The molecule has 0 amide bonds. The molecule has 8 N–H and O–H groups in total. The zero-order valence-corrected chi connectivity index (χ0v) is 17.4. The van der Waals surface area contributed by atoms with Crippen LogP contribution in [0.5, 0.6) is 11.5 Å². The Hall–Kier alpha value is -3.86. The van der Waals surface area contributed by atoms with Gasteiger partial charge >= 0.3 is 0 Å². The maximum atomic E-state index is 11.2. The van der Waals surface area contributed by atoms with Crippen molar-refractivity contribution in [2.45, 2.75) is 9.79 Å². The first-order valence-corrected chi connectivity index (χ1v) is 11.0. The van der Waals surface area contributed by atoms with Gasteiger partial charge in [-0.05, 0) is 47.5 Å². The van der Waals surface area contributed by atoms with Crippen LogP contribution in [0, 0.1) is 0 Å². The third-order valence-electron chi connectivity index (χ3n) is 3.53. The van der Waals surface area contributed by atoms with Gasteiger partial charge in [0, 0.05) is 0 Å². The highest BCUT2D eigenvalue weighted by Crippen LogP contribution is 2.23. The van der Waals surface area contributed by atoms with Crippen molar-refractivity contribution >= 4 is 44.3 Å². The maximum Gasteiger partial charge on any atom is 0.298 e. The summed E-state index contributed by atoms with van der Waals surface area (Å²) in [6.07, 6.45) is 2.12. The topological polar surface area (TPSA) is 251 Å². The van der Waals surface area contributed by atoms with Crippen molar-refractivity contribution in [2.24, 2.45) is 31.9 Å². The number of hydrogen-bond acceptors (Lipinski definition) is 10. The molecule has 0 spiro atoms. The fourth-order valence-electron chi connectivity index (χ4n) is 2.05. The molecular weight excluding hydrogens is 468 g/mol. The van der Waals surface area contributed by atoms with Crippen LogP contribution in [0.3, 0.4) is 0 Å². The van der Waals surface area contributed by atoms with Crippen LogP contribution in [0.15, 0.2) is 66.6 Å². The number of aromatic hydroxyl groups is 2. The van der Waals surface area contributed by atoms with Crippen molar-refractivity contribution in [3.63, 3.8) is 0 Å². The molecule has 2 aromatic carbocycles. The minimum Gasteiger partial charge on any atom is -0.506 e. The lowest BCUT2D eigenvalue weighted by molar-refractivity contribution is 0.441. The van der Waals surface area contributed by atoms with E-state index in [1.54, 1.807) is 0 Å². The first-order chi connectivity index (χ1) is 14.8. The van der Waals surface area contributed by atoms with Crippen LogP contribution in [-0.2, 0) is 20.2 Å². The molecule has 0 saturated heterocycles. The highest BCUT2D eigenvalue weighted by atomic mass is 32.2. The Labute approximate surface area is 181 Å². The molecule has 0 radical (unpaired) electrons. The van der Waals surface area contributed by atoms with Gasteiger partial charge in [0.15, 0.2) is 11.7 Å². The number of hydrogen-bond donors (Lipinski definition) is 6. The average Bonchev–Trinajstić information content (AvgIpc) is 2.68. The summed E-state index contributed by atoms with van der Waals surface area (Å²) in [5.41, 5.74) is 11.5. The molecule has 2 rings (SSSR count). The molecule has 0 fully saturated rings. The Morgan fingerprint density at radius 2 is 1.06 bits per heavy atom. The Kier molecular flexibility index (Phi) is 7.26. The number of rotatable bonds is 6. The predicted octanol–water partition coefficient (Wildman–Crippen LogP) is -0.326. The van der Waals surface area contributed by atoms with Crippen molar-refractivity contribution < 1.29 is 36.2 Å². The molecule has 0 aliphatic carbocycles. The Morgan fingerprint density at radius 1 is 0.719 bits per heavy atom. The molecular formula is C16H16N6O8S2. The lowest BCUT2D eigenvalue weighted by Crippen LogP contribution is -2.30. The van der Waals surface area contributed by atoms with Crippen molar-refractivity contribution in [2.75, 3.05) is 0 Å². The second kappa shape index (κ2) is 9.52. The molecule has 14 nitrogen and oxygen atoms in total. The zero-order valence-electron chi connectivity index (χ0n) is 15.8. The predicted molar refractivity (Wildman–Crippen MR) is 114 cm³/mol. The summed E-state index contributed by atoms with van der Waals surface area (Å²) in [7, 11) is -9.29. The number of phenols is 2. The lowest BCUT2D eigenvalue weighted by Gasteiger charge is -2.01. The second-order valence-electron chi connectivity index (χ2n) is 5.86. The van der Waals surface area contributed by atoms with E-state index >= 15 is 0 Å². The molecule has 0 aliphatic rings. The summed E-state index contributed by atoms with van der Waals surface area (Å²) in [6, 6.07) is 6.52. The van der Waals surface area contributed by atoms with Gasteiger partial charge in [-0.15, -0.1) is 10.2 Å². The number of nitrogens with two attached hydrogens (primary N) is 2. The van der Waals surface area contributed by atoms with E-state index in [2.05, 4.69) is 20.4 Å². The largest absolute Gasteiger partial charge is 0.506 e. The van der Waals surface area contributed by atoms with Crippen molar-refractivity contribution in [1.29, 1.82) is 0 Å². The Bertz CT molecular complexity index is 1260. The SMILES string of the molecule is NC(=N/N=C\c1ccc(O)c(S(=O)(=O)O)c1)C(N)=N/N=C/c1ccc(O)c(S(=O)(=O)O)c1. The lowest BCUT2D eigenvalue weighted by atomic mass is 10.2. The summed E-state index contributed by atoms with van der Waals surface area (Å²) in [4.78, 5) is -1.44. The molecule has 32 heavy (non-hydrogen) atoms. The van der Waals surface area contributed by atoms with Gasteiger partial charge in [-0.25, -0.2) is 0 Å². The molecule has 16 heteroatoms. The quantitative estimate of drug-likeness (QED) is 0.135. The third kappa shape index (κ3) is 6.57. The molecule has 170 valence electrons. The Morgan fingerprint density at radius 3 is 1.38 bits per heavy atom. The van der Waals surface area contributed by atoms with Gasteiger partial charge in [-0.3, -0.25) is 9.11 Å². The normalized spacial score (nSPS) is 13.8. The first-order valence-electron chi connectivity index (χ1n) is 8.13. The fraction of sp³-hybridized carbons (Fsp3) is 0. The Balaban J connectivity index is 2.16. The van der Waals surface area contributed by atoms with E-state index in [1.165, 1.54) is 12.1 Å². The van der Waals surface area contributed by atoms with E-state index in [9.17, 15) is 27.0 Å². The van der Waals surface area contributed by atoms with Gasteiger partial charge in [0.2, 0.25) is 0 Å². The van der Waals surface area contributed by atoms with Crippen LogP contribution in [0.2, 0.25) is 0 Å². The minimum absolute atomic E-state index is 0.155. The van der Waals surface area contributed by atoms with Crippen molar-refractivity contribution in [1.82, 2.24) is 0 Å². The zero-order chi connectivity index (χ0) is 24.1. The van der Waals surface area contributed by atoms with Gasteiger partial charge in [0.25, 0.3) is 20.2 Å². The maximum absolute atomic E-state index is 11.2. The van der Waals surface area contributed by atoms with E-state index in [0.717, 1.165) is 36.7 Å². The van der Waals surface area contributed by atoms with E-state index in [1.807, 2.05) is 0 Å². The summed E-state index contributed by atoms with van der Waals surface area (Å²) in [6.45, 7) is 0. The van der Waals surface area contributed by atoms with Crippen LogP contribution in [0.25, 0.3) is 0 Å². The summed E-state index contributed by atoms with van der Waals surface area (Å²) < 4.78 is 62.7. The average molecular weight is 484 g/mol. The molecule has 2 aromatic rings. The molecule has 0 bridgehead atoms. The number of amidine groups is 2. The number of phenolic OH excluding ortho intramolecular Hbond substituents is 2. The molecule has 0 saturated carbocycles. The smallest absolute Gasteiger partial charge is 0.298 e. The summed E-state index contributed by atoms with van der Waals surface area (Å²) in [5.74, 6) is -2.06. The molecule has 0 heterocycles. The minimum atomic E-state index is -4.65. The van der Waals surface area contributed by atoms with E-state index in [0.29, 0.717) is 0 Å². The van der Waals surface area contributed by atoms with Gasteiger partial charge in [-0.2, -0.15) is 27.0 Å². The standard InChI is InChI=1S/C16H16N6O8S2/c17-15(21-19-7-9-1-3-11(23)13(5-9)31(25,26)27)16(18)22-20-8-10-2-4-12(24)14(6-10)32(28,29)30/h1-8,23-24H,(H2,17,21)(H2,18,22)(H,25,26,27)(H,28,29,30)/b19-7-,20-8+. The highest BCUT2D eigenvalue weighted by molar-refractivity contribution is 7.86. The summed E-state index contributed by atoms with van der Waals surface area (Å²) >= 11 is 0. The van der Waals surface area contributed by atoms with Gasteiger partial charge in [-0.1, -0.05) is 0 Å². The summed E-state index contributed by atoms with van der Waals surface area (Å²) in [5, 5.41) is 33.1. The van der Waals surface area contributed by atoms with Crippen LogP contribution >= 0.6 is 0 Å². The van der Waals surface area contributed by atoms with E-state index in [4.69, 9.17) is 20.6 Å². The monoisotopic (exact) mass is 484 g/mol. The molecule has 0 aromatic heterocycles. The molecule has 0 aliphatic heterocycles. The number of nitrogens with zero attached hydrogens (tertiary/aromatic N) is 4. The van der Waals surface area contributed by atoms with E-state index in [-0.39, 0.29) is 22.8 Å². The molecule has 0 atom stereocenters. The van der Waals surface area contributed by atoms with E-state index < -0.39 is 41.5 Å². The highest BCUT2D eigenvalue weighted by Gasteiger charge is 2.16. The number of benzene rings is 2. The third-order valence-corrected chi connectivity index (χ3v) is 5.30. The van der Waals surface area contributed by atoms with Gasteiger partial charge < -0.3 is 21.7 Å². The van der Waals surface area contributed by atoms with Crippen molar-refractivity contribution in [3.8, 4) is 11.5 Å². The van der Waals surface area contributed by atoms with Crippen LogP contribution in [0.1, 0.15) is 11.1 Å². The van der Waals surface area contributed by atoms with Crippen LogP contribution in [-0.4, -0.2) is 60.3 Å². The molecule has 0 unspecified atom stereocenters. The van der Waals surface area contributed by atoms with Gasteiger partial charge in [0.1, 0.15) is 21.3 Å². The van der Waals surface area contributed by atoms with Gasteiger partial charge in [0.05, 0.1) is 12.4 Å². The van der Waals surface area contributed by atoms with Crippen LogP contribution < -0.4 is 11.5 Å². The fourth-order valence-corrected chi connectivity index (χ4v) is 3.29. The van der Waals surface area contributed by atoms with Crippen molar-refractivity contribution in [3.05, 3.63) is 47.5 Å². The second-order valence-corrected chi connectivity index (χ2v) is 8.64.